The number of methoxy groups -OCH3 is 2. The number of nitro groups is 1. The molecule has 0 atom stereocenters. The van der Waals surface area contributed by atoms with Gasteiger partial charge < -0.3 is 23.9 Å². The molecule has 1 heterocycles. The quantitative estimate of drug-likeness (QED) is 0.252. The molecule has 3 rings (SSSR count). The van der Waals surface area contributed by atoms with Crippen LogP contribution >= 0.6 is 0 Å². The van der Waals surface area contributed by atoms with Crippen LogP contribution < -0.4 is 20.4 Å². The normalized spacial score (nSPS) is 10.5. The third-order valence-corrected chi connectivity index (χ3v) is 4.43. The van der Waals surface area contributed by atoms with Crippen molar-refractivity contribution >= 4 is 34.2 Å². The van der Waals surface area contributed by atoms with Crippen LogP contribution in [0.4, 0.5) is 11.4 Å². The highest BCUT2D eigenvalue weighted by Gasteiger charge is 2.26. The first-order valence-corrected chi connectivity index (χ1v) is 9.15. The topological polar surface area (TPSA) is 147 Å². The van der Waals surface area contributed by atoms with Gasteiger partial charge in [0.05, 0.1) is 25.2 Å². The number of carbonyl (C=O) groups excluding carboxylic acids is 2. The zero-order valence-electron chi connectivity index (χ0n) is 17.3. The summed E-state index contributed by atoms with van der Waals surface area (Å²) in [5.74, 6) is -1.10. The third kappa shape index (κ3) is 4.67. The van der Waals surface area contributed by atoms with Crippen molar-refractivity contribution in [2.75, 3.05) is 19.5 Å². The van der Waals surface area contributed by atoms with E-state index in [1.807, 2.05) is 0 Å². The van der Waals surface area contributed by atoms with Crippen LogP contribution in [0.3, 0.4) is 0 Å². The van der Waals surface area contributed by atoms with Gasteiger partial charge >= 0.3 is 11.6 Å². The number of amides is 1. The highest BCUT2D eigenvalue weighted by Crippen LogP contribution is 2.35. The Balaban J connectivity index is 1.93. The lowest BCUT2D eigenvalue weighted by Crippen LogP contribution is -2.11. The number of fused-ring (bicyclic) bond motifs is 1. The van der Waals surface area contributed by atoms with E-state index in [9.17, 15) is 24.5 Å². The second-order valence-corrected chi connectivity index (χ2v) is 6.54. The molecule has 0 aliphatic heterocycles. The van der Waals surface area contributed by atoms with Crippen LogP contribution in [0.2, 0.25) is 0 Å². The number of anilines is 1. The van der Waals surface area contributed by atoms with Crippen molar-refractivity contribution in [1.82, 2.24) is 0 Å². The molecule has 0 aliphatic carbocycles. The van der Waals surface area contributed by atoms with Crippen molar-refractivity contribution in [2.24, 2.45) is 0 Å². The van der Waals surface area contributed by atoms with Gasteiger partial charge in [-0.3, -0.25) is 14.9 Å². The number of ether oxygens (including phenoxy) is 3. The first-order valence-electron chi connectivity index (χ1n) is 9.15. The van der Waals surface area contributed by atoms with Crippen LogP contribution in [0.15, 0.2) is 45.6 Å². The van der Waals surface area contributed by atoms with Crippen molar-refractivity contribution in [3.05, 3.63) is 68.1 Å². The number of nitro benzene ring substituents is 1. The minimum absolute atomic E-state index is 0.0809. The summed E-state index contributed by atoms with van der Waals surface area (Å²) < 4.78 is 20.5. The molecular formula is C21H18N2O9. The maximum Gasteiger partial charge on any atom is 0.345 e. The molecule has 1 aromatic heterocycles. The molecule has 1 amide bonds. The van der Waals surface area contributed by atoms with E-state index in [2.05, 4.69) is 5.32 Å². The van der Waals surface area contributed by atoms with Crippen LogP contribution in [-0.4, -0.2) is 31.0 Å². The smallest absolute Gasteiger partial charge is 0.345 e. The Hall–Kier alpha value is -4.41. The summed E-state index contributed by atoms with van der Waals surface area (Å²) in [6.45, 7) is 0.982. The Kier molecular flexibility index (Phi) is 6.38. The van der Waals surface area contributed by atoms with E-state index in [-0.39, 0.29) is 35.2 Å². The van der Waals surface area contributed by atoms with Gasteiger partial charge in [0.15, 0.2) is 11.5 Å². The monoisotopic (exact) mass is 442 g/mol. The molecule has 1 N–H and O–H groups in total. The first kappa shape index (κ1) is 22.3. The molecule has 32 heavy (non-hydrogen) atoms. The van der Waals surface area contributed by atoms with E-state index in [0.29, 0.717) is 16.6 Å². The molecule has 166 valence electrons. The fourth-order valence-corrected chi connectivity index (χ4v) is 3.03. The van der Waals surface area contributed by atoms with E-state index in [0.717, 1.165) is 18.2 Å². The molecule has 0 saturated carbocycles. The number of benzene rings is 2. The summed E-state index contributed by atoms with van der Waals surface area (Å²) in [7, 11) is 2.63. The number of hydrogen-bond donors (Lipinski definition) is 1. The lowest BCUT2D eigenvalue weighted by Gasteiger charge is -2.11. The van der Waals surface area contributed by atoms with Gasteiger partial charge in [-0.2, -0.15) is 0 Å². The average molecular weight is 442 g/mol. The molecule has 0 spiro atoms. The number of esters is 1. The van der Waals surface area contributed by atoms with Gasteiger partial charge in [0.2, 0.25) is 5.91 Å². The Bertz CT molecular complexity index is 1280. The molecule has 2 aromatic carbocycles. The van der Waals surface area contributed by atoms with Crippen LogP contribution in [0.25, 0.3) is 11.0 Å². The zero-order valence-corrected chi connectivity index (χ0v) is 17.3. The standard InChI is InChI=1S/C21H18N2O9/c1-11(24)22-13-4-5-14-12(6-20(25)32-17(14)7-13)10-31-21(26)15-8-18(29-2)19(30-3)9-16(15)23(27)28/h4-9H,10H2,1-3H3,(H,22,24). The molecular weight excluding hydrogens is 424 g/mol. The third-order valence-electron chi connectivity index (χ3n) is 4.43. The first-order chi connectivity index (χ1) is 15.2. The van der Waals surface area contributed by atoms with Gasteiger partial charge in [-0.15, -0.1) is 0 Å². The van der Waals surface area contributed by atoms with Crippen LogP contribution in [-0.2, 0) is 16.1 Å². The van der Waals surface area contributed by atoms with E-state index < -0.39 is 22.2 Å². The van der Waals surface area contributed by atoms with Gasteiger partial charge in [0.1, 0.15) is 17.8 Å². The minimum atomic E-state index is -0.992. The number of nitrogens with zero attached hydrogens (tertiary/aromatic N) is 1. The van der Waals surface area contributed by atoms with Gasteiger partial charge in [-0.1, -0.05) is 0 Å². The molecule has 0 saturated heterocycles. The minimum Gasteiger partial charge on any atom is -0.493 e. The Labute approximate surface area is 180 Å². The SMILES string of the molecule is COc1cc(C(=O)OCc2cc(=O)oc3cc(NC(C)=O)ccc23)c([N+](=O)[O-])cc1OC. The van der Waals surface area contributed by atoms with Gasteiger partial charge in [-0.25, -0.2) is 9.59 Å². The second-order valence-electron chi connectivity index (χ2n) is 6.54. The highest BCUT2D eigenvalue weighted by molar-refractivity contribution is 5.95. The predicted molar refractivity (Wildman–Crippen MR) is 112 cm³/mol. The van der Waals surface area contributed by atoms with Crippen molar-refractivity contribution in [2.45, 2.75) is 13.5 Å². The second kappa shape index (κ2) is 9.16. The van der Waals surface area contributed by atoms with E-state index >= 15 is 0 Å². The van der Waals surface area contributed by atoms with Crippen LogP contribution in [0.1, 0.15) is 22.8 Å². The largest absolute Gasteiger partial charge is 0.493 e. The number of carbonyl (C=O) groups is 2. The molecule has 11 heteroatoms. The molecule has 0 bridgehead atoms. The summed E-state index contributed by atoms with van der Waals surface area (Å²) >= 11 is 0. The molecule has 0 radical (unpaired) electrons. The lowest BCUT2D eigenvalue weighted by atomic mass is 10.1. The molecule has 0 unspecified atom stereocenters. The van der Waals surface area contributed by atoms with E-state index in [4.69, 9.17) is 18.6 Å². The van der Waals surface area contributed by atoms with Gasteiger partial charge in [0, 0.05) is 41.8 Å². The summed E-state index contributed by atoms with van der Waals surface area (Å²) in [5.41, 5.74) is -0.643. The molecule has 0 fully saturated rings. The lowest BCUT2D eigenvalue weighted by molar-refractivity contribution is -0.385. The highest BCUT2D eigenvalue weighted by atomic mass is 16.6. The summed E-state index contributed by atoms with van der Waals surface area (Å²) in [6, 6.07) is 8.00. The Morgan fingerprint density at radius 2 is 1.78 bits per heavy atom. The van der Waals surface area contributed by atoms with Crippen molar-refractivity contribution in [3.8, 4) is 11.5 Å². The van der Waals surface area contributed by atoms with Crippen LogP contribution in [0, 0.1) is 10.1 Å². The molecule has 11 nitrogen and oxygen atoms in total. The number of hydrogen-bond acceptors (Lipinski definition) is 9. The Morgan fingerprint density at radius 3 is 2.41 bits per heavy atom. The zero-order chi connectivity index (χ0) is 23.4. The van der Waals surface area contributed by atoms with Crippen LogP contribution in [0.5, 0.6) is 11.5 Å². The maximum atomic E-state index is 12.6. The number of nitrogens with one attached hydrogen (secondary N) is 1. The average Bonchev–Trinajstić information content (AvgIpc) is 2.75. The van der Waals surface area contributed by atoms with Gasteiger partial charge in [0.25, 0.3) is 5.69 Å². The Morgan fingerprint density at radius 1 is 1.09 bits per heavy atom. The fourth-order valence-electron chi connectivity index (χ4n) is 3.03. The predicted octanol–water partition coefficient (Wildman–Crippen LogP) is 3.03. The fraction of sp³-hybridized carbons (Fsp3) is 0.190. The van der Waals surface area contributed by atoms with E-state index in [1.165, 1.54) is 27.2 Å². The summed E-state index contributed by atoms with van der Waals surface area (Å²) in [6.07, 6.45) is 0. The van der Waals surface area contributed by atoms with Crippen molar-refractivity contribution in [1.29, 1.82) is 0 Å². The van der Waals surface area contributed by atoms with Gasteiger partial charge in [-0.05, 0) is 12.1 Å². The maximum absolute atomic E-state index is 12.6. The van der Waals surface area contributed by atoms with Crippen molar-refractivity contribution < 1.29 is 33.1 Å². The summed E-state index contributed by atoms with van der Waals surface area (Å²) in [4.78, 5) is 46.5. The van der Waals surface area contributed by atoms with Crippen molar-refractivity contribution in [3.63, 3.8) is 0 Å². The molecule has 0 aliphatic rings. The van der Waals surface area contributed by atoms with E-state index in [1.54, 1.807) is 12.1 Å². The summed E-state index contributed by atoms with van der Waals surface area (Å²) in [5, 5.41) is 14.5. The molecule has 3 aromatic rings. The number of rotatable bonds is 7.